The molecule has 0 aromatic heterocycles. The van der Waals surface area contributed by atoms with E-state index in [0.717, 1.165) is 0 Å². The minimum atomic E-state index is -3.59. The Morgan fingerprint density at radius 2 is 1.71 bits per heavy atom. The molecule has 0 atom stereocenters. The molecule has 0 saturated heterocycles. The van der Waals surface area contributed by atoms with Gasteiger partial charge in [0.05, 0.1) is 15.7 Å². The highest BCUT2D eigenvalue weighted by Crippen LogP contribution is 2.22. The summed E-state index contributed by atoms with van der Waals surface area (Å²) in [5.74, 6) is -0.217. The molecule has 0 spiro atoms. The van der Waals surface area contributed by atoms with E-state index in [1.807, 2.05) is 24.3 Å². The molecule has 0 heterocycles. The highest BCUT2D eigenvalue weighted by atomic mass is 35.5. The fourth-order valence-corrected chi connectivity index (χ4v) is 4.02. The summed E-state index contributed by atoms with van der Waals surface area (Å²) in [5, 5.41) is 2.88. The smallest absolute Gasteiger partial charge is 0.225 e. The number of hydrogen-bond donors (Lipinski definition) is 1. The molecule has 2 rings (SSSR count). The lowest BCUT2D eigenvalue weighted by atomic mass is 10.0. The van der Waals surface area contributed by atoms with E-state index in [4.69, 9.17) is 11.6 Å². The van der Waals surface area contributed by atoms with Gasteiger partial charge in [0.2, 0.25) is 5.91 Å². The van der Waals surface area contributed by atoms with E-state index in [2.05, 4.69) is 19.2 Å². The predicted molar refractivity (Wildman–Crippen MR) is 97.3 cm³/mol. The number of amides is 1. The van der Waals surface area contributed by atoms with Crippen molar-refractivity contribution in [1.29, 1.82) is 0 Å². The Kier molecular flexibility index (Phi) is 6.02. The van der Waals surface area contributed by atoms with Crippen molar-refractivity contribution in [3.8, 4) is 0 Å². The van der Waals surface area contributed by atoms with Gasteiger partial charge < -0.3 is 5.32 Å². The minimum Gasteiger partial charge on any atom is -0.326 e. The van der Waals surface area contributed by atoms with Crippen LogP contribution in [0.1, 0.15) is 31.7 Å². The average molecular weight is 366 g/mol. The maximum Gasteiger partial charge on any atom is 0.225 e. The second-order valence-electron chi connectivity index (χ2n) is 5.82. The molecule has 0 aliphatic rings. The summed E-state index contributed by atoms with van der Waals surface area (Å²) in [7, 11) is -3.59. The number of halogens is 1. The molecular weight excluding hydrogens is 346 g/mol. The summed E-state index contributed by atoms with van der Waals surface area (Å²) >= 11 is 5.91. The highest BCUT2D eigenvalue weighted by Gasteiger charge is 2.19. The topological polar surface area (TPSA) is 63.2 Å². The van der Waals surface area contributed by atoms with Crippen molar-refractivity contribution >= 4 is 33.0 Å². The maximum atomic E-state index is 12.3. The Bertz CT molecular complexity index is 814. The molecule has 4 nitrogen and oxygen atoms in total. The molecule has 6 heteroatoms. The van der Waals surface area contributed by atoms with E-state index in [1.165, 1.54) is 17.7 Å². The van der Waals surface area contributed by atoms with Crippen LogP contribution >= 0.6 is 11.6 Å². The molecule has 0 saturated carbocycles. The van der Waals surface area contributed by atoms with Crippen molar-refractivity contribution in [2.24, 2.45) is 0 Å². The monoisotopic (exact) mass is 365 g/mol. The van der Waals surface area contributed by atoms with Gasteiger partial charge in [-0.2, -0.15) is 0 Å². The number of rotatable bonds is 6. The largest absolute Gasteiger partial charge is 0.326 e. The van der Waals surface area contributed by atoms with Crippen LogP contribution in [0.5, 0.6) is 0 Å². The van der Waals surface area contributed by atoms with Crippen molar-refractivity contribution in [1.82, 2.24) is 0 Å². The van der Waals surface area contributed by atoms with Crippen molar-refractivity contribution in [3.63, 3.8) is 0 Å². The number of hydrogen-bond acceptors (Lipinski definition) is 3. The minimum absolute atomic E-state index is 0.0563. The normalized spacial score (nSPS) is 11.5. The summed E-state index contributed by atoms with van der Waals surface area (Å²) in [6.07, 6.45) is -0.126. The third kappa shape index (κ3) is 4.82. The fraction of sp³-hybridized carbons (Fsp3) is 0.278. The van der Waals surface area contributed by atoms with Crippen molar-refractivity contribution in [3.05, 3.63) is 59.1 Å². The predicted octanol–water partition coefficient (Wildman–Crippen LogP) is 4.27. The van der Waals surface area contributed by atoms with E-state index in [1.54, 1.807) is 12.1 Å². The highest BCUT2D eigenvalue weighted by molar-refractivity contribution is 7.91. The number of benzene rings is 2. The van der Waals surface area contributed by atoms with Gasteiger partial charge in [0, 0.05) is 12.1 Å². The third-order valence-electron chi connectivity index (χ3n) is 3.63. The quantitative estimate of drug-likeness (QED) is 0.831. The van der Waals surface area contributed by atoms with E-state index < -0.39 is 9.84 Å². The lowest BCUT2D eigenvalue weighted by Gasteiger charge is -2.09. The number of carbonyl (C=O) groups is 1. The Morgan fingerprint density at radius 3 is 2.29 bits per heavy atom. The first-order valence-electron chi connectivity index (χ1n) is 7.66. The van der Waals surface area contributed by atoms with Crippen molar-refractivity contribution in [2.75, 3.05) is 11.1 Å². The van der Waals surface area contributed by atoms with Gasteiger partial charge in [-0.15, -0.1) is 0 Å². The van der Waals surface area contributed by atoms with Gasteiger partial charge in [-0.05, 0) is 35.7 Å². The number of sulfone groups is 1. The van der Waals surface area contributed by atoms with E-state index in [0.29, 0.717) is 11.6 Å². The van der Waals surface area contributed by atoms with E-state index in [-0.39, 0.29) is 28.0 Å². The zero-order valence-electron chi connectivity index (χ0n) is 13.6. The number of carbonyl (C=O) groups excluding carboxylic acids is 1. The van der Waals surface area contributed by atoms with Crippen LogP contribution in [0.2, 0.25) is 5.02 Å². The first kappa shape index (κ1) is 18.5. The summed E-state index contributed by atoms with van der Waals surface area (Å²) in [6.45, 7) is 4.18. The van der Waals surface area contributed by atoms with Crippen molar-refractivity contribution in [2.45, 2.75) is 31.1 Å². The summed E-state index contributed by atoms with van der Waals surface area (Å²) < 4.78 is 24.5. The van der Waals surface area contributed by atoms with Gasteiger partial charge in [-0.25, -0.2) is 8.42 Å². The van der Waals surface area contributed by atoms with Crippen LogP contribution in [0, 0.1) is 0 Å². The van der Waals surface area contributed by atoms with Crippen molar-refractivity contribution < 1.29 is 13.2 Å². The van der Waals surface area contributed by atoms with E-state index in [9.17, 15) is 13.2 Å². The molecule has 24 heavy (non-hydrogen) atoms. The molecule has 0 bridgehead atoms. The first-order chi connectivity index (χ1) is 11.3. The summed E-state index contributed by atoms with van der Waals surface area (Å²) in [4.78, 5) is 12.0. The number of nitrogens with one attached hydrogen (secondary N) is 1. The maximum absolute atomic E-state index is 12.3. The Morgan fingerprint density at radius 1 is 1.08 bits per heavy atom. The molecule has 0 unspecified atom stereocenters. The van der Waals surface area contributed by atoms with Crippen LogP contribution in [0.15, 0.2) is 53.4 Å². The molecule has 1 amide bonds. The van der Waals surface area contributed by atoms with Crippen LogP contribution in [0.25, 0.3) is 0 Å². The van der Waals surface area contributed by atoms with Crippen LogP contribution < -0.4 is 5.32 Å². The standard InChI is InChI=1S/C18H20ClNO3S/c1-13(2)14-7-9-15(10-8-14)20-18(21)11-12-24(22,23)17-6-4-3-5-16(17)19/h3-10,13H,11-12H2,1-2H3,(H,20,21). The van der Waals surface area contributed by atoms with Gasteiger partial charge in [0.15, 0.2) is 9.84 Å². The molecule has 2 aromatic carbocycles. The van der Waals surface area contributed by atoms with Gasteiger partial charge in [-0.3, -0.25) is 4.79 Å². The Hall–Kier alpha value is -1.85. The Labute approximate surface area is 147 Å². The van der Waals surface area contributed by atoms with Crippen LogP contribution in [0.4, 0.5) is 5.69 Å². The van der Waals surface area contributed by atoms with E-state index >= 15 is 0 Å². The fourth-order valence-electron chi connectivity index (χ4n) is 2.21. The van der Waals surface area contributed by atoms with Gasteiger partial charge in [0.1, 0.15) is 0 Å². The molecule has 0 radical (unpaired) electrons. The second-order valence-corrected chi connectivity index (χ2v) is 8.31. The van der Waals surface area contributed by atoms with Crippen LogP contribution in [-0.4, -0.2) is 20.1 Å². The lowest BCUT2D eigenvalue weighted by Crippen LogP contribution is -2.17. The SMILES string of the molecule is CC(C)c1ccc(NC(=O)CCS(=O)(=O)c2ccccc2Cl)cc1. The van der Waals surface area contributed by atoms with Crippen LogP contribution in [-0.2, 0) is 14.6 Å². The second kappa shape index (κ2) is 7.81. The first-order valence-corrected chi connectivity index (χ1v) is 9.70. The molecule has 1 N–H and O–H groups in total. The third-order valence-corrected chi connectivity index (χ3v) is 5.84. The number of anilines is 1. The molecule has 0 aliphatic heterocycles. The van der Waals surface area contributed by atoms with Gasteiger partial charge in [0.25, 0.3) is 0 Å². The zero-order chi connectivity index (χ0) is 17.7. The molecule has 0 fully saturated rings. The van der Waals surface area contributed by atoms with Gasteiger partial charge >= 0.3 is 0 Å². The molecule has 2 aromatic rings. The van der Waals surface area contributed by atoms with Gasteiger partial charge in [-0.1, -0.05) is 49.7 Å². The van der Waals surface area contributed by atoms with Crippen LogP contribution in [0.3, 0.4) is 0 Å². The summed E-state index contributed by atoms with van der Waals surface area (Å²) in [6, 6.07) is 13.8. The Balaban J connectivity index is 1.97. The lowest BCUT2D eigenvalue weighted by molar-refractivity contribution is -0.115. The molecule has 0 aliphatic carbocycles. The summed E-state index contributed by atoms with van der Waals surface area (Å²) in [5.41, 5.74) is 1.83. The molecular formula is C18H20ClNO3S. The molecule has 128 valence electrons. The zero-order valence-corrected chi connectivity index (χ0v) is 15.2. The average Bonchev–Trinajstić information content (AvgIpc) is 2.54.